The Morgan fingerprint density at radius 1 is 1.25 bits per heavy atom. The first-order valence-corrected chi connectivity index (χ1v) is 12.3. The number of benzene rings is 1. The van der Waals surface area contributed by atoms with Crippen molar-refractivity contribution < 1.29 is 9.53 Å². The van der Waals surface area contributed by atoms with Crippen molar-refractivity contribution in [3.63, 3.8) is 0 Å². The number of hydrogen-bond donors (Lipinski definition) is 1. The normalized spacial score (nSPS) is 23.3. The maximum absolute atomic E-state index is 12.6. The van der Waals surface area contributed by atoms with Crippen molar-refractivity contribution in [2.24, 2.45) is 5.92 Å². The molecule has 172 valence electrons. The van der Waals surface area contributed by atoms with Gasteiger partial charge in [-0.05, 0) is 92.6 Å². The van der Waals surface area contributed by atoms with Gasteiger partial charge in [-0.3, -0.25) is 0 Å². The predicted molar refractivity (Wildman–Crippen MR) is 132 cm³/mol. The van der Waals surface area contributed by atoms with Crippen molar-refractivity contribution in [3.8, 4) is 0 Å². The second-order valence-electron chi connectivity index (χ2n) is 10.1. The third-order valence-corrected chi connectivity index (χ3v) is 6.90. The first kappa shape index (κ1) is 23.0. The van der Waals surface area contributed by atoms with Crippen LogP contribution in [0.1, 0.15) is 70.4 Å². The molecule has 2 unspecified atom stereocenters. The summed E-state index contributed by atoms with van der Waals surface area (Å²) >= 11 is 6.42. The molecule has 1 amide bonds. The Morgan fingerprint density at radius 2 is 2.00 bits per heavy atom. The van der Waals surface area contributed by atoms with Gasteiger partial charge in [-0.1, -0.05) is 43.2 Å². The lowest BCUT2D eigenvalue weighted by molar-refractivity contribution is 0.0171. The number of halogens is 1. The molecule has 1 aromatic carbocycles. The minimum atomic E-state index is -0.465. The number of nitrogens with zero attached hydrogens (tertiary/aromatic N) is 1. The number of rotatable bonds is 3. The van der Waals surface area contributed by atoms with Gasteiger partial charge >= 0.3 is 6.09 Å². The minimum Gasteiger partial charge on any atom is -0.444 e. The number of hydrogen-bond acceptors (Lipinski definition) is 3. The van der Waals surface area contributed by atoms with E-state index in [2.05, 4.69) is 48.8 Å². The van der Waals surface area contributed by atoms with Gasteiger partial charge in [0.25, 0.3) is 0 Å². The Morgan fingerprint density at radius 3 is 2.69 bits per heavy atom. The molecule has 0 spiro atoms. The van der Waals surface area contributed by atoms with Crippen LogP contribution in [0.2, 0.25) is 5.02 Å². The molecule has 5 heteroatoms. The molecule has 1 saturated heterocycles. The molecule has 2 atom stereocenters. The number of allylic oxidation sites excluding steroid dienone is 2. The fourth-order valence-corrected chi connectivity index (χ4v) is 5.49. The summed E-state index contributed by atoms with van der Waals surface area (Å²) in [6.07, 6.45) is 12.7. The van der Waals surface area contributed by atoms with Crippen molar-refractivity contribution >= 4 is 23.8 Å². The van der Waals surface area contributed by atoms with Crippen molar-refractivity contribution in [3.05, 3.63) is 63.8 Å². The number of amides is 1. The highest BCUT2D eigenvalue weighted by Crippen LogP contribution is 2.45. The number of piperidine rings is 1. The average molecular weight is 455 g/mol. The van der Waals surface area contributed by atoms with Gasteiger partial charge in [-0.15, -0.1) is 0 Å². The number of nitrogens with one attached hydrogen (secondary N) is 1. The van der Waals surface area contributed by atoms with E-state index in [1.807, 2.05) is 31.7 Å². The van der Waals surface area contributed by atoms with E-state index in [9.17, 15) is 4.79 Å². The van der Waals surface area contributed by atoms with E-state index in [1.165, 1.54) is 22.3 Å². The van der Waals surface area contributed by atoms with Crippen LogP contribution >= 0.6 is 11.6 Å². The third kappa shape index (κ3) is 4.91. The van der Waals surface area contributed by atoms with Gasteiger partial charge in [0.05, 0.1) is 6.04 Å². The molecule has 1 aliphatic carbocycles. The summed E-state index contributed by atoms with van der Waals surface area (Å²) in [5.74, 6) is 0.792. The molecule has 0 saturated carbocycles. The molecule has 0 bridgehead atoms. The number of carbonyl (C=O) groups excluding carboxylic acids is 1. The van der Waals surface area contributed by atoms with Crippen LogP contribution in [0.3, 0.4) is 0 Å². The van der Waals surface area contributed by atoms with Crippen LogP contribution in [-0.4, -0.2) is 35.7 Å². The van der Waals surface area contributed by atoms with Gasteiger partial charge in [-0.25, -0.2) is 4.79 Å². The summed E-state index contributed by atoms with van der Waals surface area (Å²) < 4.78 is 5.61. The fourth-order valence-electron chi connectivity index (χ4n) is 5.31. The zero-order valence-corrected chi connectivity index (χ0v) is 20.4. The van der Waals surface area contributed by atoms with Crippen LogP contribution in [-0.2, 0) is 4.74 Å². The Balaban J connectivity index is 1.62. The molecular formula is C27H35ClN2O2. The first-order chi connectivity index (χ1) is 15.3. The van der Waals surface area contributed by atoms with Gasteiger partial charge in [0.2, 0.25) is 0 Å². The van der Waals surface area contributed by atoms with Crippen LogP contribution in [0.4, 0.5) is 4.79 Å². The summed E-state index contributed by atoms with van der Waals surface area (Å²) in [4.78, 5) is 14.4. The van der Waals surface area contributed by atoms with Gasteiger partial charge in [0.1, 0.15) is 5.60 Å². The smallest absolute Gasteiger partial charge is 0.410 e. The maximum Gasteiger partial charge on any atom is 0.410 e. The third-order valence-electron chi connectivity index (χ3n) is 6.67. The number of ether oxygens (including phenoxy) is 1. The lowest BCUT2D eigenvalue weighted by atomic mass is 9.72. The van der Waals surface area contributed by atoms with E-state index in [-0.39, 0.29) is 12.1 Å². The van der Waals surface area contributed by atoms with Gasteiger partial charge in [-0.2, -0.15) is 0 Å². The van der Waals surface area contributed by atoms with Crippen LogP contribution in [0.15, 0.2) is 47.7 Å². The monoisotopic (exact) mass is 454 g/mol. The van der Waals surface area contributed by atoms with E-state index in [1.54, 1.807) is 0 Å². The minimum absolute atomic E-state index is 0.199. The molecule has 32 heavy (non-hydrogen) atoms. The summed E-state index contributed by atoms with van der Waals surface area (Å²) in [6, 6.07) is 6.58. The quantitative estimate of drug-likeness (QED) is 0.553. The zero-order valence-electron chi connectivity index (χ0n) is 19.7. The molecule has 0 radical (unpaired) electrons. The van der Waals surface area contributed by atoms with E-state index >= 15 is 0 Å². The van der Waals surface area contributed by atoms with E-state index in [0.29, 0.717) is 11.8 Å². The molecule has 3 aliphatic rings. The van der Waals surface area contributed by atoms with Crippen molar-refractivity contribution in [2.75, 3.05) is 13.1 Å². The second kappa shape index (κ2) is 9.35. The first-order valence-electron chi connectivity index (χ1n) is 11.9. The molecule has 1 fully saturated rings. The number of carbonyl (C=O) groups is 1. The van der Waals surface area contributed by atoms with Crippen molar-refractivity contribution in [1.29, 1.82) is 0 Å². The molecular weight excluding hydrogens is 420 g/mol. The molecule has 4 nitrogen and oxygen atoms in total. The van der Waals surface area contributed by atoms with Gasteiger partial charge < -0.3 is 15.0 Å². The highest BCUT2D eigenvalue weighted by Gasteiger charge is 2.39. The van der Waals surface area contributed by atoms with Gasteiger partial charge in [0, 0.05) is 24.0 Å². The molecule has 2 heterocycles. The Hall–Kier alpha value is -2.20. The lowest BCUT2D eigenvalue weighted by Crippen LogP contribution is -2.45. The molecule has 2 aliphatic heterocycles. The Kier molecular flexibility index (Phi) is 6.71. The molecule has 4 rings (SSSR count). The maximum atomic E-state index is 12.6. The Labute approximate surface area is 197 Å². The number of dihydropyridines is 1. The predicted octanol–water partition coefficient (Wildman–Crippen LogP) is 6.68. The standard InChI is InChI=1S/C27H35ClN2O2/c1-5-7-19-16-20-17-21(28)9-10-22(20)24(25-23(19)8-6-13-29-25)18-11-14-30(15-12-18)26(31)32-27(2,3)4/h6,8-10,13,16-18,24-25,29H,5,7,11-12,14-15H2,1-4H3. The molecule has 1 N–H and O–H groups in total. The van der Waals surface area contributed by atoms with Crippen molar-refractivity contribution in [2.45, 2.75) is 70.9 Å². The second-order valence-corrected chi connectivity index (χ2v) is 10.6. The summed E-state index contributed by atoms with van der Waals surface area (Å²) in [6.45, 7) is 9.45. The lowest BCUT2D eigenvalue weighted by Gasteiger charge is -2.41. The number of likely N-dealkylation sites (tertiary alicyclic amines) is 1. The molecule has 0 aromatic heterocycles. The van der Waals surface area contributed by atoms with Crippen LogP contribution in [0, 0.1) is 5.92 Å². The number of fused-ring (bicyclic) bond motifs is 2. The zero-order chi connectivity index (χ0) is 22.9. The highest BCUT2D eigenvalue weighted by molar-refractivity contribution is 6.30. The van der Waals surface area contributed by atoms with Crippen LogP contribution < -0.4 is 5.32 Å². The van der Waals surface area contributed by atoms with Crippen LogP contribution in [0.25, 0.3) is 6.08 Å². The SMILES string of the molecule is CCCC1=Cc2cc(Cl)ccc2C(C2CCN(C(=O)OC(C)(C)C)CC2)C2NC=CC=C12. The van der Waals surface area contributed by atoms with Gasteiger partial charge in [0.15, 0.2) is 0 Å². The summed E-state index contributed by atoms with van der Waals surface area (Å²) in [7, 11) is 0. The van der Waals surface area contributed by atoms with E-state index in [4.69, 9.17) is 16.3 Å². The van der Waals surface area contributed by atoms with Crippen molar-refractivity contribution in [1.82, 2.24) is 10.2 Å². The molecule has 1 aromatic rings. The topological polar surface area (TPSA) is 41.6 Å². The van der Waals surface area contributed by atoms with E-state index in [0.717, 1.165) is 43.8 Å². The Bertz CT molecular complexity index is 949. The highest BCUT2D eigenvalue weighted by atomic mass is 35.5. The summed E-state index contributed by atoms with van der Waals surface area (Å²) in [5.41, 5.74) is 4.91. The largest absolute Gasteiger partial charge is 0.444 e. The van der Waals surface area contributed by atoms with Crippen LogP contribution in [0.5, 0.6) is 0 Å². The van der Waals surface area contributed by atoms with E-state index < -0.39 is 5.60 Å². The summed E-state index contributed by atoms with van der Waals surface area (Å²) in [5, 5.41) is 4.47. The fraction of sp³-hybridized carbons (Fsp3) is 0.519. The average Bonchev–Trinajstić information content (AvgIpc) is 2.87.